The summed E-state index contributed by atoms with van der Waals surface area (Å²) in [6.45, 7) is 1.74. The molecule has 2 fully saturated rings. The normalized spacial score (nSPS) is 26.0. The highest BCUT2D eigenvalue weighted by molar-refractivity contribution is 5.01. The van der Waals surface area contributed by atoms with Gasteiger partial charge in [0.05, 0.1) is 6.04 Å². The fraction of sp³-hybridized carbons (Fsp3) is 0.737. The van der Waals surface area contributed by atoms with Gasteiger partial charge in [0.15, 0.2) is 0 Å². The molecular weight excluding hydrogens is 328 g/mol. The number of aromatic nitrogens is 5. The number of nitrogens with one attached hydrogen (secondary N) is 2. The van der Waals surface area contributed by atoms with Crippen molar-refractivity contribution in [3.63, 3.8) is 0 Å². The molecule has 1 saturated carbocycles. The van der Waals surface area contributed by atoms with Gasteiger partial charge in [-0.3, -0.25) is 5.10 Å². The second-order valence-corrected chi connectivity index (χ2v) is 7.74. The van der Waals surface area contributed by atoms with E-state index in [0.29, 0.717) is 11.8 Å². The van der Waals surface area contributed by atoms with E-state index in [1.165, 1.54) is 32.1 Å². The molecule has 142 valence electrons. The summed E-state index contributed by atoms with van der Waals surface area (Å²) in [5.74, 6) is 3.07. The van der Waals surface area contributed by atoms with Gasteiger partial charge >= 0.3 is 0 Å². The summed E-state index contributed by atoms with van der Waals surface area (Å²) in [6.07, 6.45) is 14.3. The van der Waals surface area contributed by atoms with Crippen molar-refractivity contribution in [1.29, 1.82) is 0 Å². The van der Waals surface area contributed by atoms with Crippen molar-refractivity contribution in [3.8, 4) is 0 Å². The number of hydrogen-bond acceptors (Lipinski definition) is 5. The zero-order chi connectivity index (χ0) is 17.8. The maximum atomic E-state index is 6.13. The van der Waals surface area contributed by atoms with Crippen LogP contribution in [0.4, 0.5) is 0 Å². The molecule has 0 aromatic carbocycles. The lowest BCUT2D eigenvalue weighted by molar-refractivity contribution is -0.0357. The van der Waals surface area contributed by atoms with Gasteiger partial charge in [0.1, 0.15) is 24.1 Å². The van der Waals surface area contributed by atoms with Crippen LogP contribution in [0.3, 0.4) is 0 Å². The van der Waals surface area contributed by atoms with Gasteiger partial charge in [-0.15, -0.1) is 0 Å². The van der Waals surface area contributed by atoms with Crippen molar-refractivity contribution in [3.05, 3.63) is 30.4 Å². The van der Waals surface area contributed by atoms with Crippen LogP contribution in [0.25, 0.3) is 0 Å². The standard InChI is InChI=1S/C19H30N6O/c1-25-10-9-20-19(25)17-15(8-5-11-26-17)12-21-16(18-22-13-23-24-18)14-6-3-2-4-7-14/h9-10,13-17,21H,2-8,11-12H2,1H3,(H,22,23,24)/t15-,16?,17+/m0/s1. The molecule has 0 spiro atoms. The summed E-state index contributed by atoms with van der Waals surface area (Å²) >= 11 is 0. The number of hydrogen-bond donors (Lipinski definition) is 2. The molecule has 3 atom stereocenters. The number of aromatic amines is 1. The summed E-state index contributed by atoms with van der Waals surface area (Å²) in [5, 5.41) is 11.0. The van der Waals surface area contributed by atoms with Crippen LogP contribution in [0.1, 0.15) is 68.7 Å². The summed E-state index contributed by atoms with van der Waals surface area (Å²) < 4.78 is 8.21. The van der Waals surface area contributed by atoms with E-state index in [9.17, 15) is 0 Å². The highest BCUT2D eigenvalue weighted by Gasteiger charge is 2.33. The predicted molar refractivity (Wildman–Crippen MR) is 98.3 cm³/mol. The largest absolute Gasteiger partial charge is 0.370 e. The molecule has 7 heteroatoms. The van der Waals surface area contributed by atoms with Gasteiger partial charge in [-0.25, -0.2) is 9.97 Å². The number of aryl methyl sites for hydroxylation is 1. The molecule has 0 amide bonds. The summed E-state index contributed by atoms with van der Waals surface area (Å²) in [5.41, 5.74) is 0. The van der Waals surface area contributed by atoms with Crippen LogP contribution in [0.15, 0.2) is 18.7 Å². The Morgan fingerprint density at radius 2 is 2.12 bits per heavy atom. The van der Waals surface area contributed by atoms with E-state index in [2.05, 4.69) is 30.0 Å². The molecule has 1 aliphatic carbocycles. The van der Waals surface area contributed by atoms with E-state index in [-0.39, 0.29) is 12.1 Å². The average molecular weight is 358 g/mol. The van der Waals surface area contributed by atoms with E-state index in [4.69, 9.17) is 4.74 Å². The smallest absolute Gasteiger partial charge is 0.141 e. The number of nitrogens with zero attached hydrogens (tertiary/aromatic N) is 4. The average Bonchev–Trinajstić information content (AvgIpc) is 3.35. The minimum absolute atomic E-state index is 0.0676. The minimum atomic E-state index is 0.0676. The van der Waals surface area contributed by atoms with E-state index in [0.717, 1.165) is 37.6 Å². The van der Waals surface area contributed by atoms with Gasteiger partial charge in [0.2, 0.25) is 0 Å². The maximum absolute atomic E-state index is 6.13. The highest BCUT2D eigenvalue weighted by atomic mass is 16.5. The summed E-state index contributed by atoms with van der Waals surface area (Å²) in [7, 11) is 2.05. The molecule has 26 heavy (non-hydrogen) atoms. The number of rotatable bonds is 6. The lowest BCUT2D eigenvalue weighted by Gasteiger charge is -2.35. The first-order valence-corrected chi connectivity index (χ1v) is 10.0. The third kappa shape index (κ3) is 3.83. The van der Waals surface area contributed by atoms with Crippen LogP contribution < -0.4 is 5.32 Å². The van der Waals surface area contributed by atoms with Crippen LogP contribution in [0.5, 0.6) is 0 Å². The van der Waals surface area contributed by atoms with Crippen LogP contribution in [0.2, 0.25) is 0 Å². The molecule has 1 unspecified atom stereocenters. The van der Waals surface area contributed by atoms with E-state index in [1.54, 1.807) is 6.33 Å². The molecule has 2 aromatic heterocycles. The Labute approximate surface area is 155 Å². The Hall–Kier alpha value is -1.73. The van der Waals surface area contributed by atoms with Crippen molar-refractivity contribution >= 4 is 0 Å². The quantitative estimate of drug-likeness (QED) is 0.830. The third-order valence-corrected chi connectivity index (χ3v) is 6.01. The Balaban J connectivity index is 1.46. The lowest BCUT2D eigenvalue weighted by Crippen LogP contribution is -2.38. The molecule has 1 aliphatic heterocycles. The fourth-order valence-corrected chi connectivity index (χ4v) is 4.59. The van der Waals surface area contributed by atoms with Crippen molar-refractivity contribution < 1.29 is 4.74 Å². The first-order valence-electron chi connectivity index (χ1n) is 10.0. The summed E-state index contributed by atoms with van der Waals surface area (Å²) in [4.78, 5) is 9.00. The van der Waals surface area contributed by atoms with Gasteiger partial charge in [-0.1, -0.05) is 19.3 Å². The lowest BCUT2D eigenvalue weighted by atomic mass is 9.83. The molecule has 4 rings (SSSR count). The molecule has 2 aliphatic rings. The Bertz CT molecular complexity index is 663. The van der Waals surface area contributed by atoms with E-state index in [1.807, 2.05) is 19.4 Å². The van der Waals surface area contributed by atoms with E-state index < -0.39 is 0 Å². The van der Waals surface area contributed by atoms with Crippen LogP contribution in [0, 0.1) is 11.8 Å². The van der Waals surface area contributed by atoms with Crippen LogP contribution >= 0.6 is 0 Å². The monoisotopic (exact) mass is 358 g/mol. The van der Waals surface area contributed by atoms with E-state index >= 15 is 0 Å². The first kappa shape index (κ1) is 17.7. The predicted octanol–water partition coefficient (Wildman–Crippen LogP) is 2.92. The summed E-state index contributed by atoms with van der Waals surface area (Å²) in [6, 6.07) is 0.252. The topological polar surface area (TPSA) is 80.7 Å². The molecule has 2 N–H and O–H groups in total. The zero-order valence-corrected chi connectivity index (χ0v) is 15.6. The number of ether oxygens (including phenoxy) is 1. The van der Waals surface area contributed by atoms with Crippen molar-refractivity contribution in [2.45, 2.75) is 57.1 Å². The van der Waals surface area contributed by atoms with Crippen molar-refractivity contribution in [2.24, 2.45) is 18.9 Å². The van der Waals surface area contributed by atoms with Crippen LogP contribution in [-0.2, 0) is 11.8 Å². The zero-order valence-electron chi connectivity index (χ0n) is 15.6. The third-order valence-electron chi connectivity index (χ3n) is 6.01. The van der Waals surface area contributed by atoms with Gasteiger partial charge in [0, 0.05) is 38.5 Å². The molecule has 0 bridgehead atoms. The first-order chi connectivity index (χ1) is 12.8. The van der Waals surface area contributed by atoms with Gasteiger partial charge < -0.3 is 14.6 Å². The number of H-pyrrole nitrogens is 1. The second-order valence-electron chi connectivity index (χ2n) is 7.74. The molecule has 3 heterocycles. The minimum Gasteiger partial charge on any atom is -0.370 e. The fourth-order valence-electron chi connectivity index (χ4n) is 4.59. The Morgan fingerprint density at radius 1 is 1.23 bits per heavy atom. The molecule has 1 saturated heterocycles. The highest BCUT2D eigenvalue weighted by Crippen LogP contribution is 2.35. The van der Waals surface area contributed by atoms with Gasteiger partial charge in [0.25, 0.3) is 0 Å². The van der Waals surface area contributed by atoms with Crippen LogP contribution in [-0.4, -0.2) is 37.9 Å². The molecule has 2 aromatic rings. The number of imidazole rings is 1. The SMILES string of the molecule is Cn1ccnc1[C@@H]1OCCC[C@H]1CNC(c1ncn[nH]1)C1CCCCC1. The molecule has 7 nitrogen and oxygen atoms in total. The maximum Gasteiger partial charge on any atom is 0.141 e. The second kappa shape index (κ2) is 8.31. The molecule has 0 radical (unpaired) electrons. The Kier molecular flexibility index (Phi) is 5.65. The van der Waals surface area contributed by atoms with Gasteiger partial charge in [-0.05, 0) is 31.6 Å². The van der Waals surface area contributed by atoms with Crippen molar-refractivity contribution in [2.75, 3.05) is 13.2 Å². The Morgan fingerprint density at radius 3 is 2.85 bits per heavy atom. The van der Waals surface area contributed by atoms with Crippen molar-refractivity contribution in [1.82, 2.24) is 30.0 Å². The molecular formula is C19H30N6O. The van der Waals surface area contributed by atoms with Gasteiger partial charge in [-0.2, -0.15) is 5.10 Å².